The van der Waals surface area contributed by atoms with Crippen molar-refractivity contribution in [3.63, 3.8) is 0 Å². The lowest BCUT2D eigenvalue weighted by Crippen LogP contribution is -2.11. The minimum Gasteiger partial charge on any atom is -0.381 e. The Kier molecular flexibility index (Phi) is 2.97. The van der Waals surface area contributed by atoms with E-state index in [9.17, 15) is 13.2 Å². The molecule has 13 heavy (non-hydrogen) atoms. The predicted octanol–water partition coefficient (Wildman–Crippen LogP) is 1.71. The molecule has 7 heteroatoms. The second-order valence-electron chi connectivity index (χ2n) is 2.15. The highest BCUT2D eigenvalue weighted by Crippen LogP contribution is 2.27. The van der Waals surface area contributed by atoms with Crippen LogP contribution in [0.15, 0.2) is 17.4 Å². The number of alkyl halides is 3. The van der Waals surface area contributed by atoms with Crippen LogP contribution in [0.5, 0.6) is 0 Å². The maximum absolute atomic E-state index is 11.8. The summed E-state index contributed by atoms with van der Waals surface area (Å²) in [7, 11) is 0. The van der Waals surface area contributed by atoms with Gasteiger partial charge in [0.05, 0.1) is 5.75 Å². The van der Waals surface area contributed by atoms with Gasteiger partial charge in [0.25, 0.3) is 0 Å². The third-order valence-electron chi connectivity index (χ3n) is 1.06. The first-order valence-corrected chi connectivity index (χ1v) is 4.23. The quantitative estimate of drug-likeness (QED) is 0.753. The Bertz CT molecular complexity index is 289. The zero-order chi connectivity index (χ0) is 9.90. The van der Waals surface area contributed by atoms with Crippen LogP contribution >= 0.6 is 11.8 Å². The molecule has 0 radical (unpaired) electrons. The van der Waals surface area contributed by atoms with Crippen LogP contribution in [0.2, 0.25) is 0 Å². The van der Waals surface area contributed by atoms with E-state index in [0.29, 0.717) is 11.8 Å². The zero-order valence-electron chi connectivity index (χ0n) is 6.38. The molecule has 72 valence electrons. The second kappa shape index (κ2) is 3.82. The lowest BCUT2D eigenvalue weighted by Gasteiger charge is -2.05. The molecule has 0 saturated heterocycles. The molecule has 1 rings (SSSR count). The molecular formula is C6H6F3N3S. The van der Waals surface area contributed by atoms with Gasteiger partial charge in [-0.3, -0.25) is 0 Å². The van der Waals surface area contributed by atoms with Crippen LogP contribution in [0, 0.1) is 0 Å². The van der Waals surface area contributed by atoms with Crippen molar-refractivity contribution in [3.8, 4) is 0 Å². The smallest absolute Gasteiger partial charge is 0.381 e. The summed E-state index contributed by atoms with van der Waals surface area (Å²) >= 11 is 0.530. The highest BCUT2D eigenvalue weighted by molar-refractivity contribution is 7.99. The molecule has 2 N–H and O–H groups in total. The van der Waals surface area contributed by atoms with Gasteiger partial charge in [-0.25, -0.2) is 9.97 Å². The number of nitrogen functional groups attached to an aromatic ring is 1. The summed E-state index contributed by atoms with van der Waals surface area (Å²) in [5.41, 5.74) is 5.29. The van der Waals surface area contributed by atoms with Crippen LogP contribution in [0.1, 0.15) is 0 Å². The van der Waals surface area contributed by atoms with Crippen LogP contribution < -0.4 is 5.73 Å². The van der Waals surface area contributed by atoms with Gasteiger partial charge in [-0.2, -0.15) is 13.2 Å². The normalized spacial score (nSPS) is 11.6. The third-order valence-corrected chi connectivity index (χ3v) is 2.12. The van der Waals surface area contributed by atoms with Gasteiger partial charge >= 0.3 is 6.18 Å². The fraction of sp³-hybridized carbons (Fsp3) is 0.333. The lowest BCUT2D eigenvalue weighted by molar-refractivity contribution is -0.105. The zero-order valence-corrected chi connectivity index (χ0v) is 7.19. The van der Waals surface area contributed by atoms with Crippen LogP contribution in [0.3, 0.4) is 0 Å². The van der Waals surface area contributed by atoms with Crippen molar-refractivity contribution in [1.29, 1.82) is 0 Å². The highest BCUT2D eigenvalue weighted by Gasteiger charge is 2.27. The van der Waals surface area contributed by atoms with Crippen molar-refractivity contribution in [1.82, 2.24) is 9.97 Å². The molecule has 0 unspecified atom stereocenters. The van der Waals surface area contributed by atoms with Crippen LogP contribution in [0.4, 0.5) is 19.0 Å². The Labute approximate surface area is 76.6 Å². The van der Waals surface area contributed by atoms with Crippen molar-refractivity contribution >= 4 is 17.6 Å². The monoisotopic (exact) mass is 209 g/mol. The first kappa shape index (κ1) is 10.1. The van der Waals surface area contributed by atoms with E-state index in [0.717, 1.165) is 0 Å². The van der Waals surface area contributed by atoms with E-state index < -0.39 is 11.9 Å². The topological polar surface area (TPSA) is 51.8 Å². The Balaban J connectivity index is 2.60. The summed E-state index contributed by atoms with van der Waals surface area (Å²) in [5, 5.41) is 0.111. The van der Waals surface area contributed by atoms with Gasteiger partial charge in [0.2, 0.25) is 0 Å². The molecule has 0 fully saturated rings. The number of halogens is 3. The second-order valence-corrected chi connectivity index (χ2v) is 3.11. The number of hydrogen-bond donors (Lipinski definition) is 1. The number of nitrogens with zero attached hydrogens (tertiary/aromatic N) is 2. The van der Waals surface area contributed by atoms with E-state index in [1.165, 1.54) is 12.4 Å². The van der Waals surface area contributed by atoms with Crippen molar-refractivity contribution < 1.29 is 13.2 Å². The number of nitrogens with two attached hydrogens (primary N) is 1. The Morgan fingerprint density at radius 3 is 2.46 bits per heavy atom. The average molecular weight is 209 g/mol. The van der Waals surface area contributed by atoms with Gasteiger partial charge in [0.1, 0.15) is 5.03 Å². The van der Waals surface area contributed by atoms with Gasteiger partial charge < -0.3 is 5.73 Å². The molecular weight excluding hydrogens is 203 g/mol. The van der Waals surface area contributed by atoms with Gasteiger partial charge in [0.15, 0.2) is 5.82 Å². The summed E-state index contributed by atoms with van der Waals surface area (Å²) in [5.74, 6) is -0.979. The van der Waals surface area contributed by atoms with Gasteiger partial charge in [-0.1, -0.05) is 11.8 Å². The molecule has 0 bridgehead atoms. The van der Waals surface area contributed by atoms with E-state index in [-0.39, 0.29) is 10.8 Å². The van der Waals surface area contributed by atoms with Gasteiger partial charge in [-0.05, 0) is 0 Å². The number of thioether (sulfide) groups is 1. The van der Waals surface area contributed by atoms with E-state index in [1.807, 2.05) is 0 Å². The largest absolute Gasteiger partial charge is 0.398 e. The summed E-state index contributed by atoms with van der Waals surface area (Å²) in [6, 6.07) is 0. The maximum Gasteiger partial charge on any atom is 0.398 e. The predicted molar refractivity (Wildman–Crippen MR) is 43.2 cm³/mol. The molecule has 3 nitrogen and oxygen atoms in total. The summed E-state index contributed by atoms with van der Waals surface area (Å²) in [6.45, 7) is 0. The summed E-state index contributed by atoms with van der Waals surface area (Å²) in [6.07, 6.45) is -1.59. The molecule has 0 aliphatic carbocycles. The van der Waals surface area contributed by atoms with Crippen LogP contribution in [-0.2, 0) is 0 Å². The molecule has 1 aromatic heterocycles. The Morgan fingerprint density at radius 1 is 1.31 bits per heavy atom. The summed E-state index contributed by atoms with van der Waals surface area (Å²) in [4.78, 5) is 7.26. The molecule has 0 amide bonds. The molecule has 1 aromatic rings. The van der Waals surface area contributed by atoms with E-state index >= 15 is 0 Å². The molecule has 0 aromatic carbocycles. The van der Waals surface area contributed by atoms with Crippen molar-refractivity contribution in [3.05, 3.63) is 12.4 Å². The van der Waals surface area contributed by atoms with Crippen molar-refractivity contribution in [2.45, 2.75) is 11.2 Å². The van der Waals surface area contributed by atoms with E-state index in [1.54, 1.807) is 0 Å². The fourth-order valence-electron chi connectivity index (χ4n) is 0.597. The first-order chi connectivity index (χ1) is 5.99. The minimum absolute atomic E-state index is 0.0248. The Hall–Kier alpha value is -0.980. The number of rotatable bonds is 2. The van der Waals surface area contributed by atoms with Crippen LogP contribution in [-0.4, -0.2) is 21.9 Å². The number of aromatic nitrogens is 2. The molecule has 0 aliphatic heterocycles. The minimum atomic E-state index is -4.21. The molecule has 0 atom stereocenters. The van der Waals surface area contributed by atoms with Gasteiger partial charge in [-0.15, -0.1) is 0 Å². The first-order valence-electron chi connectivity index (χ1n) is 3.25. The van der Waals surface area contributed by atoms with Gasteiger partial charge in [0, 0.05) is 12.4 Å². The van der Waals surface area contributed by atoms with E-state index in [2.05, 4.69) is 9.97 Å². The molecule has 0 spiro atoms. The maximum atomic E-state index is 11.8. The van der Waals surface area contributed by atoms with Crippen LogP contribution in [0.25, 0.3) is 0 Å². The van der Waals surface area contributed by atoms with E-state index in [4.69, 9.17) is 5.73 Å². The SMILES string of the molecule is Nc1nccnc1SCC(F)(F)F. The molecule has 0 aliphatic rings. The number of anilines is 1. The fourth-order valence-corrected chi connectivity index (χ4v) is 1.23. The van der Waals surface area contributed by atoms with Crippen molar-refractivity contribution in [2.75, 3.05) is 11.5 Å². The molecule has 0 saturated carbocycles. The van der Waals surface area contributed by atoms with Crippen molar-refractivity contribution in [2.24, 2.45) is 0 Å². The standard InChI is InChI=1S/C6H6F3N3S/c7-6(8,9)3-13-5-4(10)11-1-2-12-5/h1-2H,3H2,(H2,10,11). The Morgan fingerprint density at radius 2 is 1.92 bits per heavy atom. The summed E-state index contributed by atoms with van der Waals surface area (Å²) < 4.78 is 35.3. The average Bonchev–Trinajstić information content (AvgIpc) is 2.01. The lowest BCUT2D eigenvalue weighted by atomic mass is 10.7. The third kappa shape index (κ3) is 3.49. The molecule has 1 heterocycles. The highest BCUT2D eigenvalue weighted by atomic mass is 32.2. The number of hydrogen-bond acceptors (Lipinski definition) is 4.